The monoisotopic (exact) mass is 253 g/mol. The van der Waals surface area contributed by atoms with Gasteiger partial charge in [-0.2, -0.15) is 0 Å². The SMILES string of the molecule is O=C(OCc1ccc(Cl)cc1)[C@@H]1CCCNC1. The first kappa shape index (κ1) is 12.4. The predicted molar refractivity (Wildman–Crippen MR) is 66.8 cm³/mol. The molecule has 0 bridgehead atoms. The van der Waals surface area contributed by atoms with Crippen LogP contribution in [0.4, 0.5) is 0 Å². The van der Waals surface area contributed by atoms with Gasteiger partial charge in [0, 0.05) is 11.6 Å². The van der Waals surface area contributed by atoms with Gasteiger partial charge in [0.05, 0.1) is 5.92 Å². The summed E-state index contributed by atoms with van der Waals surface area (Å²) in [7, 11) is 0. The third-order valence-electron chi connectivity index (χ3n) is 2.92. The molecule has 2 rings (SSSR count). The first-order valence-corrected chi connectivity index (χ1v) is 6.25. The van der Waals surface area contributed by atoms with Gasteiger partial charge in [-0.15, -0.1) is 0 Å². The second-order valence-electron chi connectivity index (χ2n) is 4.28. The van der Waals surface area contributed by atoms with Crippen molar-refractivity contribution in [2.24, 2.45) is 5.92 Å². The molecule has 1 aliphatic rings. The third kappa shape index (κ3) is 3.72. The quantitative estimate of drug-likeness (QED) is 0.841. The molecule has 0 saturated carbocycles. The maximum Gasteiger partial charge on any atom is 0.310 e. The second kappa shape index (κ2) is 6.03. The maximum atomic E-state index is 11.8. The first-order valence-electron chi connectivity index (χ1n) is 5.87. The molecule has 1 atom stereocenters. The van der Waals surface area contributed by atoms with Crippen molar-refractivity contribution < 1.29 is 9.53 Å². The summed E-state index contributed by atoms with van der Waals surface area (Å²) in [5.74, 6) is -0.0943. The molecular weight excluding hydrogens is 238 g/mol. The van der Waals surface area contributed by atoms with Crippen LogP contribution in [0.1, 0.15) is 18.4 Å². The van der Waals surface area contributed by atoms with Gasteiger partial charge in [0.25, 0.3) is 0 Å². The average Bonchev–Trinajstić information content (AvgIpc) is 2.39. The number of carbonyl (C=O) groups excluding carboxylic acids is 1. The number of nitrogens with one attached hydrogen (secondary N) is 1. The second-order valence-corrected chi connectivity index (χ2v) is 4.71. The molecule has 17 heavy (non-hydrogen) atoms. The molecule has 1 aromatic carbocycles. The zero-order chi connectivity index (χ0) is 12.1. The van der Waals surface area contributed by atoms with E-state index in [1.54, 1.807) is 12.1 Å². The standard InChI is InChI=1S/C13H16ClNO2/c14-12-5-3-10(4-6-12)9-17-13(16)11-2-1-7-15-8-11/h3-6,11,15H,1-2,7-9H2/t11-/m1/s1. The molecule has 3 nitrogen and oxygen atoms in total. The highest BCUT2D eigenvalue weighted by atomic mass is 35.5. The van der Waals surface area contributed by atoms with E-state index in [-0.39, 0.29) is 11.9 Å². The van der Waals surface area contributed by atoms with Crippen molar-refractivity contribution in [3.8, 4) is 0 Å². The molecule has 0 spiro atoms. The highest BCUT2D eigenvalue weighted by Crippen LogP contribution is 2.14. The van der Waals surface area contributed by atoms with Crippen molar-refractivity contribution in [2.45, 2.75) is 19.4 Å². The van der Waals surface area contributed by atoms with E-state index in [1.807, 2.05) is 12.1 Å². The molecule has 0 amide bonds. The van der Waals surface area contributed by atoms with Crippen molar-refractivity contribution in [3.05, 3.63) is 34.9 Å². The van der Waals surface area contributed by atoms with E-state index < -0.39 is 0 Å². The van der Waals surface area contributed by atoms with Gasteiger partial charge in [0.15, 0.2) is 0 Å². The summed E-state index contributed by atoms with van der Waals surface area (Å²) < 4.78 is 5.29. The molecule has 1 fully saturated rings. The first-order chi connectivity index (χ1) is 8.25. The molecule has 1 aromatic rings. The predicted octanol–water partition coefficient (Wildman–Crippen LogP) is 2.38. The number of hydrogen-bond acceptors (Lipinski definition) is 3. The summed E-state index contributed by atoms with van der Waals surface area (Å²) in [6, 6.07) is 7.34. The van der Waals surface area contributed by atoms with Crippen molar-refractivity contribution in [1.29, 1.82) is 0 Å². The van der Waals surface area contributed by atoms with Crippen LogP contribution in [0, 0.1) is 5.92 Å². The minimum atomic E-state index is -0.104. The maximum absolute atomic E-state index is 11.8. The molecule has 0 unspecified atom stereocenters. The van der Waals surface area contributed by atoms with Gasteiger partial charge in [-0.05, 0) is 37.1 Å². The lowest BCUT2D eigenvalue weighted by Gasteiger charge is -2.21. The highest BCUT2D eigenvalue weighted by molar-refractivity contribution is 6.30. The number of ether oxygens (including phenoxy) is 1. The lowest BCUT2D eigenvalue weighted by molar-refractivity contribution is -0.150. The number of hydrogen-bond donors (Lipinski definition) is 1. The lowest BCUT2D eigenvalue weighted by atomic mass is 10.0. The molecule has 4 heteroatoms. The Morgan fingerprint density at radius 2 is 2.18 bits per heavy atom. The highest BCUT2D eigenvalue weighted by Gasteiger charge is 2.22. The van der Waals surface area contributed by atoms with E-state index >= 15 is 0 Å². The Kier molecular flexibility index (Phi) is 4.40. The van der Waals surface area contributed by atoms with Gasteiger partial charge in [0.1, 0.15) is 6.61 Å². The summed E-state index contributed by atoms with van der Waals surface area (Å²) in [6.07, 6.45) is 1.97. The summed E-state index contributed by atoms with van der Waals surface area (Å²) in [5, 5.41) is 3.89. The summed E-state index contributed by atoms with van der Waals surface area (Å²) in [4.78, 5) is 11.8. The van der Waals surface area contributed by atoms with Crippen LogP contribution in [0.3, 0.4) is 0 Å². The van der Waals surface area contributed by atoms with E-state index in [9.17, 15) is 4.79 Å². The van der Waals surface area contributed by atoms with E-state index in [0.717, 1.165) is 31.5 Å². The average molecular weight is 254 g/mol. The Labute approximate surface area is 106 Å². The van der Waals surface area contributed by atoms with Crippen LogP contribution in [-0.2, 0) is 16.1 Å². The normalized spacial score (nSPS) is 19.9. The molecule has 0 aromatic heterocycles. The molecule has 0 aliphatic carbocycles. The minimum absolute atomic E-state index is 0.0102. The topological polar surface area (TPSA) is 38.3 Å². The number of piperidine rings is 1. The number of carbonyl (C=O) groups is 1. The largest absolute Gasteiger partial charge is 0.461 e. The minimum Gasteiger partial charge on any atom is -0.461 e. The Bertz CT molecular complexity index is 372. The number of halogens is 1. The van der Waals surface area contributed by atoms with E-state index in [2.05, 4.69) is 5.32 Å². The van der Waals surface area contributed by atoms with Crippen LogP contribution < -0.4 is 5.32 Å². The Balaban J connectivity index is 1.81. The van der Waals surface area contributed by atoms with E-state index in [0.29, 0.717) is 11.6 Å². The van der Waals surface area contributed by atoms with Crippen molar-refractivity contribution in [2.75, 3.05) is 13.1 Å². The summed E-state index contributed by atoms with van der Waals surface area (Å²) in [6.45, 7) is 2.06. The molecule has 1 aliphatic heterocycles. The summed E-state index contributed by atoms with van der Waals surface area (Å²) >= 11 is 5.78. The van der Waals surface area contributed by atoms with Crippen molar-refractivity contribution in [1.82, 2.24) is 5.32 Å². The molecule has 1 N–H and O–H groups in total. The Hall–Kier alpha value is -1.06. The van der Waals surface area contributed by atoms with Gasteiger partial charge < -0.3 is 10.1 Å². The fraction of sp³-hybridized carbons (Fsp3) is 0.462. The smallest absolute Gasteiger partial charge is 0.310 e. The van der Waals surface area contributed by atoms with E-state index in [4.69, 9.17) is 16.3 Å². The van der Waals surface area contributed by atoms with Crippen molar-refractivity contribution >= 4 is 17.6 Å². The van der Waals surface area contributed by atoms with Crippen LogP contribution in [0.25, 0.3) is 0 Å². The molecule has 0 radical (unpaired) electrons. The lowest BCUT2D eigenvalue weighted by Crippen LogP contribution is -2.35. The van der Waals surface area contributed by atoms with Gasteiger partial charge >= 0.3 is 5.97 Å². The van der Waals surface area contributed by atoms with E-state index in [1.165, 1.54) is 0 Å². The van der Waals surface area contributed by atoms with Crippen LogP contribution in [-0.4, -0.2) is 19.1 Å². The zero-order valence-electron chi connectivity index (χ0n) is 9.62. The van der Waals surface area contributed by atoms with Crippen LogP contribution in [0.5, 0.6) is 0 Å². The molecule has 1 saturated heterocycles. The zero-order valence-corrected chi connectivity index (χ0v) is 10.4. The van der Waals surface area contributed by atoms with Gasteiger partial charge in [0.2, 0.25) is 0 Å². The van der Waals surface area contributed by atoms with Crippen LogP contribution in [0.15, 0.2) is 24.3 Å². The van der Waals surface area contributed by atoms with Crippen molar-refractivity contribution in [3.63, 3.8) is 0 Å². The van der Waals surface area contributed by atoms with Crippen LogP contribution >= 0.6 is 11.6 Å². The number of esters is 1. The summed E-state index contributed by atoms with van der Waals surface area (Å²) in [5.41, 5.74) is 0.964. The number of rotatable bonds is 3. The van der Waals surface area contributed by atoms with Gasteiger partial charge in [-0.3, -0.25) is 4.79 Å². The Morgan fingerprint density at radius 3 is 2.82 bits per heavy atom. The third-order valence-corrected chi connectivity index (χ3v) is 3.18. The molecular formula is C13H16ClNO2. The Morgan fingerprint density at radius 1 is 1.41 bits per heavy atom. The van der Waals surface area contributed by atoms with Gasteiger partial charge in [-0.25, -0.2) is 0 Å². The fourth-order valence-electron chi connectivity index (χ4n) is 1.91. The molecule has 92 valence electrons. The van der Waals surface area contributed by atoms with Gasteiger partial charge in [-0.1, -0.05) is 23.7 Å². The fourth-order valence-corrected chi connectivity index (χ4v) is 2.03. The number of benzene rings is 1. The molecule has 1 heterocycles. The van der Waals surface area contributed by atoms with Crippen LogP contribution in [0.2, 0.25) is 5.02 Å².